The van der Waals surface area contributed by atoms with E-state index in [1.54, 1.807) is 6.07 Å². The van der Waals surface area contributed by atoms with Crippen molar-refractivity contribution in [2.75, 3.05) is 13.2 Å². The lowest BCUT2D eigenvalue weighted by Gasteiger charge is -2.11. The van der Waals surface area contributed by atoms with Crippen LogP contribution in [0.5, 0.6) is 5.75 Å². The highest BCUT2D eigenvalue weighted by Crippen LogP contribution is 2.23. The molecule has 0 fully saturated rings. The van der Waals surface area contributed by atoms with Crippen molar-refractivity contribution < 1.29 is 23.9 Å². The van der Waals surface area contributed by atoms with Gasteiger partial charge in [0.05, 0.1) is 12.2 Å². The summed E-state index contributed by atoms with van der Waals surface area (Å²) < 4.78 is 12.6. The van der Waals surface area contributed by atoms with Gasteiger partial charge in [-0.3, -0.25) is 9.59 Å². The van der Waals surface area contributed by atoms with E-state index in [2.05, 4.69) is 0 Å². The summed E-state index contributed by atoms with van der Waals surface area (Å²) in [5.74, 6) is -0.104. The molecule has 0 unspecified atom stereocenters. The number of rotatable bonds is 8. The Morgan fingerprint density at radius 1 is 1.00 bits per heavy atom. The molecule has 0 amide bonds. The molecule has 1 heterocycles. The third-order valence-corrected chi connectivity index (χ3v) is 4.75. The number of esters is 1. The molecule has 2 aromatic carbocycles. The van der Waals surface area contributed by atoms with Crippen molar-refractivity contribution in [1.82, 2.24) is 4.57 Å². The van der Waals surface area contributed by atoms with Crippen molar-refractivity contribution in [3.8, 4) is 11.4 Å². The molecule has 0 atom stereocenters. The summed E-state index contributed by atoms with van der Waals surface area (Å²) in [6, 6.07) is 15.5. The lowest BCUT2D eigenvalue weighted by molar-refractivity contribution is 0.0474. The summed E-state index contributed by atoms with van der Waals surface area (Å²) in [6.45, 7) is 5.94. The van der Waals surface area contributed by atoms with Crippen molar-refractivity contribution in [2.45, 2.75) is 20.8 Å². The minimum Gasteiger partial charge on any atom is -0.494 e. The number of benzene rings is 2. The number of carbonyl (C=O) groups is 3. The molecule has 0 aliphatic carbocycles. The van der Waals surface area contributed by atoms with Gasteiger partial charge in [0.2, 0.25) is 5.78 Å². The molecule has 154 valence electrons. The quantitative estimate of drug-likeness (QED) is 0.317. The van der Waals surface area contributed by atoms with Gasteiger partial charge in [0.25, 0.3) is 0 Å². The molecule has 0 saturated carbocycles. The van der Waals surface area contributed by atoms with Gasteiger partial charge in [-0.2, -0.15) is 0 Å². The Morgan fingerprint density at radius 3 is 2.27 bits per heavy atom. The monoisotopic (exact) mass is 405 g/mol. The summed E-state index contributed by atoms with van der Waals surface area (Å²) in [5, 5.41) is 0. The average molecular weight is 405 g/mol. The fourth-order valence-corrected chi connectivity index (χ4v) is 3.29. The van der Waals surface area contributed by atoms with Crippen LogP contribution in [0.2, 0.25) is 0 Å². The molecule has 0 spiro atoms. The summed E-state index contributed by atoms with van der Waals surface area (Å²) in [7, 11) is 0. The van der Waals surface area contributed by atoms with E-state index in [4.69, 9.17) is 9.47 Å². The molecule has 3 rings (SSSR count). The van der Waals surface area contributed by atoms with E-state index in [9.17, 15) is 14.4 Å². The third kappa shape index (κ3) is 4.49. The maximum absolute atomic E-state index is 12.7. The standard InChI is InChI=1S/C24H23NO5/c1-4-29-21-11-9-20(10-12-21)25-16(2)13-22(17(25)3)23(27)15-30-24(28)19-7-5-18(14-26)6-8-19/h5-14H,4,15H2,1-3H3. The van der Waals surface area contributed by atoms with E-state index in [-0.39, 0.29) is 18.0 Å². The number of aryl methyl sites for hydroxylation is 1. The van der Waals surface area contributed by atoms with Crippen LogP contribution in [-0.4, -0.2) is 35.8 Å². The van der Waals surface area contributed by atoms with Gasteiger partial charge in [-0.15, -0.1) is 0 Å². The second-order valence-electron chi connectivity index (χ2n) is 6.79. The van der Waals surface area contributed by atoms with Crippen LogP contribution in [0.15, 0.2) is 54.6 Å². The number of Topliss-reactive ketones (excluding diaryl/α,β-unsaturated/α-hetero) is 1. The molecule has 6 heteroatoms. The number of carbonyl (C=O) groups excluding carboxylic acids is 3. The Morgan fingerprint density at radius 2 is 1.67 bits per heavy atom. The van der Waals surface area contributed by atoms with E-state index in [1.807, 2.05) is 49.6 Å². The zero-order valence-electron chi connectivity index (χ0n) is 17.2. The average Bonchev–Trinajstić information content (AvgIpc) is 3.06. The number of nitrogens with zero attached hydrogens (tertiary/aromatic N) is 1. The topological polar surface area (TPSA) is 74.6 Å². The smallest absolute Gasteiger partial charge is 0.338 e. The lowest BCUT2D eigenvalue weighted by Crippen LogP contribution is -2.15. The summed E-state index contributed by atoms with van der Waals surface area (Å²) in [4.78, 5) is 35.5. The highest BCUT2D eigenvalue weighted by atomic mass is 16.5. The van der Waals surface area contributed by atoms with Gasteiger partial charge in [-0.1, -0.05) is 12.1 Å². The molecule has 1 aromatic heterocycles. The van der Waals surface area contributed by atoms with Crippen molar-refractivity contribution in [3.05, 3.63) is 82.7 Å². The van der Waals surface area contributed by atoms with Gasteiger partial charge >= 0.3 is 5.97 Å². The van der Waals surface area contributed by atoms with Crippen LogP contribution in [0.4, 0.5) is 0 Å². The number of ketones is 1. The van der Waals surface area contributed by atoms with Crippen LogP contribution < -0.4 is 4.74 Å². The molecule has 6 nitrogen and oxygen atoms in total. The predicted octanol–water partition coefficient (Wildman–Crippen LogP) is 4.35. The highest BCUT2D eigenvalue weighted by Gasteiger charge is 2.18. The van der Waals surface area contributed by atoms with Crippen LogP contribution in [0.1, 0.15) is 49.4 Å². The Labute approximate surface area is 175 Å². The van der Waals surface area contributed by atoms with Crippen molar-refractivity contribution in [2.24, 2.45) is 0 Å². The largest absolute Gasteiger partial charge is 0.494 e. The Bertz CT molecular complexity index is 1060. The molecule has 0 saturated heterocycles. The Hall–Kier alpha value is -3.67. The molecular formula is C24H23NO5. The first-order valence-electron chi connectivity index (χ1n) is 9.62. The van der Waals surface area contributed by atoms with E-state index in [0.29, 0.717) is 24.0 Å². The fraction of sp³-hybridized carbons (Fsp3) is 0.208. The van der Waals surface area contributed by atoms with Crippen LogP contribution in [0, 0.1) is 13.8 Å². The number of hydrogen-bond donors (Lipinski definition) is 0. The fourth-order valence-electron chi connectivity index (χ4n) is 3.29. The van der Waals surface area contributed by atoms with Crippen molar-refractivity contribution in [1.29, 1.82) is 0 Å². The van der Waals surface area contributed by atoms with Gasteiger partial charge in [0, 0.05) is 28.2 Å². The summed E-state index contributed by atoms with van der Waals surface area (Å²) in [5.41, 5.74) is 3.84. The molecule has 0 aliphatic rings. The van der Waals surface area contributed by atoms with Crippen molar-refractivity contribution >= 4 is 18.0 Å². The zero-order valence-corrected chi connectivity index (χ0v) is 17.2. The van der Waals surface area contributed by atoms with E-state index >= 15 is 0 Å². The number of aromatic nitrogens is 1. The SMILES string of the molecule is CCOc1ccc(-n2c(C)cc(C(=O)COC(=O)c3ccc(C=O)cc3)c2C)cc1. The molecule has 0 aliphatic heterocycles. The van der Waals surface area contributed by atoms with Gasteiger partial charge in [-0.05, 0) is 63.2 Å². The Balaban J connectivity index is 1.72. The van der Waals surface area contributed by atoms with Gasteiger partial charge in [0.15, 0.2) is 6.61 Å². The van der Waals surface area contributed by atoms with Gasteiger partial charge in [-0.25, -0.2) is 4.79 Å². The van der Waals surface area contributed by atoms with Crippen molar-refractivity contribution in [3.63, 3.8) is 0 Å². The zero-order chi connectivity index (χ0) is 21.7. The van der Waals surface area contributed by atoms with Crippen LogP contribution in [0.25, 0.3) is 5.69 Å². The van der Waals surface area contributed by atoms with Gasteiger partial charge in [0.1, 0.15) is 12.0 Å². The normalized spacial score (nSPS) is 10.5. The van der Waals surface area contributed by atoms with Crippen LogP contribution in [-0.2, 0) is 4.74 Å². The summed E-state index contributed by atoms with van der Waals surface area (Å²) in [6.07, 6.45) is 0.693. The number of hydrogen-bond acceptors (Lipinski definition) is 5. The first-order valence-corrected chi connectivity index (χ1v) is 9.62. The first kappa shape index (κ1) is 21.0. The molecule has 0 radical (unpaired) electrons. The van der Waals surface area contributed by atoms with E-state index in [0.717, 1.165) is 22.8 Å². The molecular weight excluding hydrogens is 382 g/mol. The first-order chi connectivity index (χ1) is 14.4. The Kier molecular flexibility index (Phi) is 6.47. The molecule has 3 aromatic rings. The van der Waals surface area contributed by atoms with E-state index in [1.165, 1.54) is 24.3 Å². The molecule has 30 heavy (non-hydrogen) atoms. The van der Waals surface area contributed by atoms with Gasteiger partial charge < -0.3 is 14.0 Å². The summed E-state index contributed by atoms with van der Waals surface area (Å²) >= 11 is 0. The minimum absolute atomic E-state index is 0.279. The van der Waals surface area contributed by atoms with E-state index < -0.39 is 5.97 Å². The lowest BCUT2D eigenvalue weighted by atomic mass is 10.1. The maximum atomic E-state index is 12.7. The third-order valence-electron chi connectivity index (χ3n) is 4.75. The highest BCUT2D eigenvalue weighted by molar-refractivity contribution is 6.00. The van der Waals surface area contributed by atoms with Crippen LogP contribution in [0.3, 0.4) is 0 Å². The second-order valence-corrected chi connectivity index (χ2v) is 6.79. The number of aldehydes is 1. The molecule has 0 bridgehead atoms. The second kappa shape index (κ2) is 9.22. The minimum atomic E-state index is -0.610. The maximum Gasteiger partial charge on any atom is 0.338 e. The predicted molar refractivity (Wildman–Crippen MR) is 113 cm³/mol. The molecule has 0 N–H and O–H groups in total. The number of ether oxygens (including phenoxy) is 2. The van der Waals surface area contributed by atoms with Crippen LogP contribution >= 0.6 is 0 Å².